The summed E-state index contributed by atoms with van der Waals surface area (Å²) in [6.07, 6.45) is -5.13. The minimum atomic E-state index is -1.26. The Morgan fingerprint density at radius 1 is 1.29 bits per heavy atom. The fourth-order valence-electron chi connectivity index (χ4n) is 1.29. The molecule has 0 radical (unpaired) electrons. The maximum Gasteiger partial charge on any atom is 0.186 e. The maximum atomic E-state index is 9.44. The molecule has 0 amide bonds. The van der Waals surface area contributed by atoms with Crippen LogP contribution in [0.1, 0.15) is 6.92 Å². The summed E-state index contributed by atoms with van der Waals surface area (Å²) in [6.45, 7) is 1.74. The van der Waals surface area contributed by atoms with E-state index in [-0.39, 0.29) is 6.61 Å². The first-order chi connectivity index (χ1) is 6.57. The second kappa shape index (κ2) is 5.11. The van der Waals surface area contributed by atoms with E-state index in [0.717, 1.165) is 0 Å². The molecule has 0 saturated carbocycles. The van der Waals surface area contributed by atoms with Gasteiger partial charge in [0.15, 0.2) is 6.29 Å². The van der Waals surface area contributed by atoms with Gasteiger partial charge in [-0.1, -0.05) is 12.2 Å². The molecular weight excluding hydrogens is 208 g/mol. The quantitative estimate of drug-likeness (QED) is 0.522. The van der Waals surface area contributed by atoms with Gasteiger partial charge in [0.1, 0.15) is 18.3 Å². The average molecular weight is 222 g/mol. The molecule has 1 saturated heterocycles. The van der Waals surface area contributed by atoms with E-state index in [2.05, 4.69) is 12.2 Å². The molecule has 14 heavy (non-hydrogen) atoms. The lowest BCUT2D eigenvalue weighted by Gasteiger charge is -2.38. The number of aliphatic hydroxyl groups excluding tert-OH is 3. The zero-order valence-electron chi connectivity index (χ0n) is 7.74. The summed E-state index contributed by atoms with van der Waals surface area (Å²) in [6, 6.07) is 0. The van der Waals surface area contributed by atoms with Crippen LogP contribution in [-0.2, 0) is 9.47 Å². The van der Waals surface area contributed by atoms with Gasteiger partial charge in [-0.05, 0) is 6.92 Å². The monoisotopic (exact) mass is 222 g/mol. The van der Waals surface area contributed by atoms with E-state index in [1.54, 1.807) is 6.92 Å². The zero-order valence-corrected chi connectivity index (χ0v) is 8.55. The Kier molecular flexibility index (Phi) is 4.36. The van der Waals surface area contributed by atoms with E-state index < -0.39 is 30.7 Å². The van der Waals surface area contributed by atoms with E-state index in [1.807, 2.05) is 0 Å². The lowest BCUT2D eigenvalue weighted by molar-refractivity contribution is -0.288. The van der Waals surface area contributed by atoms with Gasteiger partial charge < -0.3 is 24.8 Å². The molecule has 1 unspecified atom stereocenters. The Morgan fingerprint density at radius 2 is 1.93 bits per heavy atom. The molecule has 1 aliphatic heterocycles. The number of ether oxygens (including phenoxy) is 2. The molecular formula is C8H14O5S. The van der Waals surface area contributed by atoms with Crippen molar-refractivity contribution in [1.29, 1.82) is 0 Å². The first-order valence-electron chi connectivity index (χ1n) is 4.33. The molecule has 0 spiro atoms. The van der Waals surface area contributed by atoms with Gasteiger partial charge in [-0.15, -0.1) is 0 Å². The van der Waals surface area contributed by atoms with Gasteiger partial charge in [0.25, 0.3) is 0 Å². The molecule has 1 fully saturated rings. The lowest BCUT2D eigenvalue weighted by atomic mass is 10.0. The molecule has 5 atom stereocenters. The van der Waals surface area contributed by atoms with Gasteiger partial charge in [0.2, 0.25) is 0 Å². The van der Waals surface area contributed by atoms with Crippen molar-refractivity contribution in [3.63, 3.8) is 0 Å². The highest BCUT2D eigenvalue weighted by atomic mass is 32.1. The molecule has 0 aromatic heterocycles. The summed E-state index contributed by atoms with van der Waals surface area (Å²) in [4.78, 5) is 0. The standard InChI is InChI=1S/C8H14O5S/c1-4-5(9)6(10)7(11)8(13-4)12-2-3-14/h3-11H,2H2,1H3/t4-,5+,6+,7-,8?/m1/s1. The van der Waals surface area contributed by atoms with Gasteiger partial charge in [-0.25, -0.2) is 0 Å². The molecule has 1 heterocycles. The molecule has 3 N–H and O–H groups in total. The predicted octanol–water partition coefficient (Wildman–Crippen LogP) is -1.17. The SMILES string of the molecule is C[C@H]1OC(OCC=S)[C@H](O)[C@@H](O)[C@H]1O. The lowest BCUT2D eigenvalue weighted by Crippen LogP contribution is -2.57. The molecule has 0 aliphatic carbocycles. The Bertz CT molecular complexity index is 200. The minimum Gasteiger partial charge on any atom is -0.388 e. The maximum absolute atomic E-state index is 9.44. The first-order valence-corrected chi connectivity index (χ1v) is 4.80. The summed E-state index contributed by atoms with van der Waals surface area (Å²) in [5.41, 5.74) is 0. The summed E-state index contributed by atoms with van der Waals surface area (Å²) >= 11 is 4.54. The number of thiocarbonyl (C=S) groups is 1. The van der Waals surface area contributed by atoms with Crippen molar-refractivity contribution in [2.24, 2.45) is 0 Å². The highest BCUT2D eigenvalue weighted by Gasteiger charge is 2.42. The van der Waals surface area contributed by atoms with Crippen LogP contribution in [0.15, 0.2) is 0 Å². The van der Waals surface area contributed by atoms with Gasteiger partial charge in [-0.3, -0.25) is 0 Å². The van der Waals surface area contributed by atoms with Crippen molar-refractivity contribution in [3.8, 4) is 0 Å². The van der Waals surface area contributed by atoms with E-state index in [9.17, 15) is 15.3 Å². The van der Waals surface area contributed by atoms with Gasteiger partial charge in [0.05, 0.1) is 12.7 Å². The Labute approximate surface area is 87.3 Å². The van der Waals surface area contributed by atoms with Crippen molar-refractivity contribution in [2.45, 2.75) is 37.6 Å². The van der Waals surface area contributed by atoms with Crippen molar-refractivity contribution >= 4 is 17.6 Å². The van der Waals surface area contributed by atoms with E-state index in [0.29, 0.717) is 0 Å². The number of hydrogen-bond acceptors (Lipinski definition) is 6. The van der Waals surface area contributed by atoms with E-state index in [4.69, 9.17) is 9.47 Å². The molecule has 6 heteroatoms. The number of aliphatic hydroxyl groups is 3. The highest BCUT2D eigenvalue weighted by Crippen LogP contribution is 2.21. The first kappa shape index (κ1) is 12.0. The van der Waals surface area contributed by atoms with Crippen LogP contribution in [0, 0.1) is 0 Å². The van der Waals surface area contributed by atoms with Gasteiger partial charge in [0, 0.05) is 5.37 Å². The highest BCUT2D eigenvalue weighted by molar-refractivity contribution is 7.79. The van der Waals surface area contributed by atoms with Crippen molar-refractivity contribution < 1.29 is 24.8 Å². The zero-order chi connectivity index (χ0) is 10.7. The minimum absolute atomic E-state index is 0.145. The topological polar surface area (TPSA) is 79.2 Å². The molecule has 1 aliphatic rings. The van der Waals surface area contributed by atoms with Crippen molar-refractivity contribution in [3.05, 3.63) is 0 Å². The molecule has 82 valence electrons. The largest absolute Gasteiger partial charge is 0.388 e. The molecule has 0 aromatic rings. The fraction of sp³-hybridized carbons (Fsp3) is 0.875. The third-order valence-electron chi connectivity index (χ3n) is 2.14. The van der Waals surface area contributed by atoms with E-state index in [1.165, 1.54) is 5.37 Å². The van der Waals surface area contributed by atoms with E-state index >= 15 is 0 Å². The van der Waals surface area contributed by atoms with Crippen LogP contribution >= 0.6 is 12.2 Å². The molecule has 1 rings (SSSR count). The van der Waals surface area contributed by atoms with Gasteiger partial charge in [-0.2, -0.15) is 0 Å². The molecule has 0 bridgehead atoms. The summed E-state index contributed by atoms with van der Waals surface area (Å²) in [7, 11) is 0. The van der Waals surface area contributed by atoms with Crippen LogP contribution in [0.3, 0.4) is 0 Å². The van der Waals surface area contributed by atoms with Crippen molar-refractivity contribution in [2.75, 3.05) is 6.61 Å². The second-order valence-corrected chi connectivity index (χ2v) is 3.51. The smallest absolute Gasteiger partial charge is 0.186 e. The van der Waals surface area contributed by atoms with Crippen LogP contribution in [0.5, 0.6) is 0 Å². The summed E-state index contributed by atoms with van der Waals surface area (Å²) in [5.74, 6) is 0. The normalized spacial score (nSPS) is 43.6. The Hall–Kier alpha value is -0.110. The van der Waals surface area contributed by atoms with Crippen LogP contribution in [-0.4, -0.2) is 58.0 Å². The van der Waals surface area contributed by atoms with Crippen molar-refractivity contribution in [1.82, 2.24) is 0 Å². The van der Waals surface area contributed by atoms with Crippen LogP contribution in [0.2, 0.25) is 0 Å². The van der Waals surface area contributed by atoms with Crippen LogP contribution < -0.4 is 0 Å². The van der Waals surface area contributed by atoms with Crippen LogP contribution in [0.4, 0.5) is 0 Å². The number of rotatable bonds is 3. The molecule has 0 aromatic carbocycles. The predicted molar refractivity (Wildman–Crippen MR) is 52.0 cm³/mol. The number of hydrogen-bond donors (Lipinski definition) is 3. The average Bonchev–Trinajstić information content (AvgIpc) is 2.18. The Morgan fingerprint density at radius 3 is 2.50 bits per heavy atom. The third-order valence-corrected chi connectivity index (χ3v) is 2.27. The summed E-state index contributed by atoms with van der Waals surface area (Å²) in [5, 5.41) is 29.5. The second-order valence-electron chi connectivity index (χ2n) is 3.18. The van der Waals surface area contributed by atoms with Gasteiger partial charge >= 0.3 is 0 Å². The third kappa shape index (κ3) is 2.47. The summed E-state index contributed by atoms with van der Waals surface area (Å²) < 4.78 is 10.2. The fourth-order valence-corrected chi connectivity index (χ4v) is 1.36. The Balaban J connectivity index is 2.55. The van der Waals surface area contributed by atoms with Crippen LogP contribution in [0.25, 0.3) is 0 Å². The molecule has 5 nitrogen and oxygen atoms in total.